The Kier molecular flexibility index (Phi) is 5.46. The van der Waals surface area contributed by atoms with Gasteiger partial charge in [0.25, 0.3) is 0 Å². The Labute approximate surface area is 105 Å². The van der Waals surface area contributed by atoms with E-state index in [4.69, 9.17) is 38.4 Å². The smallest absolute Gasteiger partial charge is 0.161 e. The van der Waals surface area contributed by atoms with Crippen LogP contribution in [0.1, 0.15) is 5.56 Å². The molecule has 1 rings (SSSR count). The van der Waals surface area contributed by atoms with Crippen molar-refractivity contribution in [2.75, 3.05) is 13.7 Å². The molecule has 3 nitrogen and oxygen atoms in total. The van der Waals surface area contributed by atoms with Crippen molar-refractivity contribution in [3.63, 3.8) is 0 Å². The Morgan fingerprint density at radius 3 is 2.75 bits per heavy atom. The second-order valence-corrected chi connectivity index (χ2v) is 3.74. The van der Waals surface area contributed by atoms with Gasteiger partial charge < -0.3 is 15.2 Å². The van der Waals surface area contributed by atoms with Crippen molar-refractivity contribution in [1.82, 2.24) is 0 Å². The van der Waals surface area contributed by atoms with Gasteiger partial charge in [-0.1, -0.05) is 29.3 Å². The van der Waals surface area contributed by atoms with Crippen LogP contribution in [0.3, 0.4) is 0 Å². The topological polar surface area (TPSA) is 44.5 Å². The summed E-state index contributed by atoms with van der Waals surface area (Å²) in [5.41, 5.74) is 7.76. The lowest BCUT2D eigenvalue weighted by molar-refractivity contribution is 0.324. The fourth-order valence-electron chi connectivity index (χ4n) is 1.14. The van der Waals surface area contributed by atoms with Crippen molar-refractivity contribution < 1.29 is 9.47 Å². The van der Waals surface area contributed by atoms with Gasteiger partial charge in [0.1, 0.15) is 6.61 Å². The van der Waals surface area contributed by atoms with Crippen LogP contribution in [0, 0.1) is 0 Å². The molecule has 0 aliphatic rings. The van der Waals surface area contributed by atoms with Gasteiger partial charge in [0, 0.05) is 12.1 Å². The highest BCUT2D eigenvalue weighted by molar-refractivity contribution is 6.36. The monoisotopic (exact) mass is 261 g/mol. The highest BCUT2D eigenvalue weighted by Crippen LogP contribution is 2.28. The normalized spacial score (nSPS) is 11.4. The third-order valence-electron chi connectivity index (χ3n) is 1.95. The number of hydrogen-bond donors (Lipinski definition) is 1. The molecule has 0 heterocycles. The minimum atomic E-state index is 0.212. The number of nitrogens with two attached hydrogens (primary N) is 1. The molecule has 0 saturated heterocycles. The van der Waals surface area contributed by atoms with Gasteiger partial charge in [-0.05, 0) is 17.7 Å². The molecule has 0 bridgehead atoms. The van der Waals surface area contributed by atoms with Crippen molar-refractivity contribution in [3.8, 4) is 11.5 Å². The molecular formula is C11H13Cl2NO2. The molecule has 0 aliphatic carbocycles. The lowest BCUT2D eigenvalue weighted by atomic mass is 10.2. The summed E-state index contributed by atoms with van der Waals surface area (Å²) in [4.78, 5) is 0. The second-order valence-electron chi connectivity index (χ2n) is 3.03. The van der Waals surface area contributed by atoms with Crippen LogP contribution in [-0.2, 0) is 6.54 Å². The molecule has 16 heavy (non-hydrogen) atoms. The number of methoxy groups -OCH3 is 1. The maximum absolute atomic E-state index is 5.71. The maximum atomic E-state index is 5.71. The van der Waals surface area contributed by atoms with Crippen molar-refractivity contribution in [2.24, 2.45) is 5.73 Å². The molecule has 0 radical (unpaired) electrons. The summed E-state index contributed by atoms with van der Waals surface area (Å²) < 4.78 is 10.6. The minimum absolute atomic E-state index is 0.212. The second kappa shape index (κ2) is 6.63. The summed E-state index contributed by atoms with van der Waals surface area (Å²) in [6, 6.07) is 5.49. The number of rotatable bonds is 5. The number of hydrogen-bond acceptors (Lipinski definition) is 3. The zero-order valence-electron chi connectivity index (χ0n) is 8.87. The molecular weight excluding hydrogens is 249 g/mol. The highest BCUT2D eigenvalue weighted by Gasteiger charge is 2.05. The predicted molar refractivity (Wildman–Crippen MR) is 66.2 cm³/mol. The van der Waals surface area contributed by atoms with Gasteiger partial charge in [-0.25, -0.2) is 0 Å². The summed E-state index contributed by atoms with van der Waals surface area (Å²) in [6.45, 7) is 0.669. The molecule has 0 aromatic heterocycles. The Bertz CT molecular complexity index is 380. The van der Waals surface area contributed by atoms with Gasteiger partial charge in [0.15, 0.2) is 11.5 Å². The molecule has 0 aliphatic heterocycles. The van der Waals surface area contributed by atoms with Crippen LogP contribution in [0.5, 0.6) is 11.5 Å². The molecule has 1 aromatic rings. The van der Waals surface area contributed by atoms with Crippen LogP contribution in [0.15, 0.2) is 28.8 Å². The van der Waals surface area contributed by atoms with E-state index in [-0.39, 0.29) is 6.61 Å². The van der Waals surface area contributed by atoms with Gasteiger partial charge >= 0.3 is 0 Å². The minimum Gasteiger partial charge on any atom is -0.493 e. The molecule has 0 fully saturated rings. The summed E-state index contributed by atoms with van der Waals surface area (Å²) in [5, 5.41) is 0.423. The molecule has 88 valence electrons. The Morgan fingerprint density at radius 2 is 2.19 bits per heavy atom. The van der Waals surface area contributed by atoms with Gasteiger partial charge in [0.05, 0.1) is 12.1 Å². The van der Waals surface area contributed by atoms with Gasteiger partial charge in [-0.3, -0.25) is 0 Å². The van der Waals surface area contributed by atoms with E-state index in [2.05, 4.69) is 0 Å². The average Bonchev–Trinajstić information content (AvgIpc) is 2.35. The van der Waals surface area contributed by atoms with Crippen molar-refractivity contribution >= 4 is 23.2 Å². The fraction of sp³-hybridized carbons (Fsp3) is 0.273. The zero-order valence-corrected chi connectivity index (χ0v) is 10.4. The van der Waals surface area contributed by atoms with E-state index in [0.29, 0.717) is 23.1 Å². The first-order valence-corrected chi connectivity index (χ1v) is 5.47. The van der Waals surface area contributed by atoms with E-state index in [9.17, 15) is 0 Å². The van der Waals surface area contributed by atoms with Gasteiger partial charge in [-0.2, -0.15) is 0 Å². The summed E-state index contributed by atoms with van der Waals surface area (Å²) in [6.07, 6.45) is 0. The van der Waals surface area contributed by atoms with Crippen LogP contribution in [0.25, 0.3) is 0 Å². The summed E-state index contributed by atoms with van der Waals surface area (Å²) in [7, 11) is 1.57. The average molecular weight is 262 g/mol. The van der Waals surface area contributed by atoms with Crippen LogP contribution in [0.4, 0.5) is 0 Å². The predicted octanol–water partition coefficient (Wildman–Crippen LogP) is 2.85. The lowest BCUT2D eigenvalue weighted by Gasteiger charge is -2.11. The summed E-state index contributed by atoms with van der Waals surface area (Å²) in [5.74, 6) is 1.23. The molecule has 0 amide bonds. The Hall–Kier alpha value is -0.900. The van der Waals surface area contributed by atoms with E-state index in [1.807, 2.05) is 12.1 Å². The molecule has 0 saturated carbocycles. The third-order valence-corrected chi connectivity index (χ3v) is 2.54. The van der Waals surface area contributed by atoms with Gasteiger partial charge in [-0.15, -0.1) is 0 Å². The fourth-order valence-corrected chi connectivity index (χ4v) is 1.25. The Morgan fingerprint density at radius 1 is 1.44 bits per heavy atom. The van der Waals surface area contributed by atoms with Gasteiger partial charge in [0.2, 0.25) is 0 Å². The van der Waals surface area contributed by atoms with Crippen LogP contribution >= 0.6 is 23.2 Å². The van der Waals surface area contributed by atoms with E-state index < -0.39 is 0 Å². The van der Waals surface area contributed by atoms with E-state index in [0.717, 1.165) is 5.56 Å². The first-order chi connectivity index (χ1) is 7.71. The summed E-state index contributed by atoms with van der Waals surface area (Å²) >= 11 is 11.1. The van der Waals surface area contributed by atoms with Crippen molar-refractivity contribution in [2.45, 2.75) is 6.54 Å². The van der Waals surface area contributed by atoms with Crippen LogP contribution < -0.4 is 15.2 Å². The van der Waals surface area contributed by atoms with E-state index in [1.165, 1.54) is 5.54 Å². The first kappa shape index (κ1) is 13.2. The highest BCUT2D eigenvalue weighted by atomic mass is 35.5. The molecule has 0 unspecified atom stereocenters. The van der Waals surface area contributed by atoms with Crippen molar-refractivity contribution in [1.29, 1.82) is 0 Å². The standard InChI is InChI=1S/C11H13Cl2NO2/c1-15-11-4-8(6-14)2-3-10(11)16-7-9(13)5-12/h2-5H,6-7,14H2,1H3. The van der Waals surface area contributed by atoms with E-state index in [1.54, 1.807) is 13.2 Å². The number of ether oxygens (including phenoxy) is 2. The van der Waals surface area contributed by atoms with Crippen LogP contribution in [0.2, 0.25) is 0 Å². The third kappa shape index (κ3) is 3.59. The number of halogens is 2. The molecule has 0 spiro atoms. The largest absolute Gasteiger partial charge is 0.493 e. The SMILES string of the molecule is COc1cc(CN)ccc1OCC(Cl)=CCl. The Balaban J connectivity index is 2.79. The lowest BCUT2D eigenvalue weighted by Crippen LogP contribution is -2.01. The molecule has 2 N–H and O–H groups in total. The molecule has 0 atom stereocenters. The quantitative estimate of drug-likeness (QED) is 0.887. The number of benzene rings is 1. The molecule has 5 heteroatoms. The molecule has 1 aromatic carbocycles. The van der Waals surface area contributed by atoms with Crippen LogP contribution in [-0.4, -0.2) is 13.7 Å². The van der Waals surface area contributed by atoms with E-state index >= 15 is 0 Å². The maximum Gasteiger partial charge on any atom is 0.161 e. The first-order valence-electron chi connectivity index (χ1n) is 4.65. The van der Waals surface area contributed by atoms with Crippen molar-refractivity contribution in [3.05, 3.63) is 34.3 Å². The zero-order chi connectivity index (χ0) is 12.0.